The van der Waals surface area contributed by atoms with Gasteiger partial charge in [-0.05, 0) is 48.0 Å². The molecule has 0 saturated heterocycles. The lowest BCUT2D eigenvalue weighted by molar-refractivity contribution is -0.119. The van der Waals surface area contributed by atoms with Crippen LogP contribution in [0.15, 0.2) is 70.0 Å². The number of nitrogens with zero attached hydrogens (tertiary/aromatic N) is 2. The molecule has 2 aromatic carbocycles. The Kier molecular flexibility index (Phi) is 5.25. The van der Waals surface area contributed by atoms with Crippen LogP contribution >= 0.6 is 11.6 Å². The summed E-state index contributed by atoms with van der Waals surface area (Å²) in [6, 6.07) is 12.2. The maximum atomic E-state index is 13.9. The molecule has 0 radical (unpaired) electrons. The Morgan fingerprint density at radius 1 is 1.15 bits per heavy atom. The molecule has 0 saturated carbocycles. The zero-order valence-electron chi connectivity index (χ0n) is 17.3. The Morgan fingerprint density at radius 3 is 2.59 bits per heavy atom. The van der Waals surface area contributed by atoms with Gasteiger partial charge in [-0.15, -0.1) is 0 Å². The number of primary amides is 1. The van der Waals surface area contributed by atoms with Crippen LogP contribution in [0.2, 0.25) is 5.02 Å². The topological polar surface area (TPSA) is 116 Å². The second-order valence-electron chi connectivity index (χ2n) is 7.55. The van der Waals surface area contributed by atoms with Crippen LogP contribution in [0.1, 0.15) is 27.7 Å². The molecule has 170 valence electrons. The van der Waals surface area contributed by atoms with Crippen LogP contribution in [0, 0.1) is 5.82 Å². The van der Waals surface area contributed by atoms with Gasteiger partial charge in [0.1, 0.15) is 23.0 Å². The highest BCUT2D eigenvalue weighted by molar-refractivity contribution is 6.30. The van der Waals surface area contributed by atoms with Crippen molar-refractivity contribution in [2.75, 3.05) is 11.5 Å². The van der Waals surface area contributed by atoms with Gasteiger partial charge in [0, 0.05) is 6.20 Å². The number of nitrogens with two attached hydrogens (primary N) is 1. The number of aromatic nitrogens is 1. The average Bonchev–Trinajstić information content (AvgIpc) is 3.11. The van der Waals surface area contributed by atoms with Gasteiger partial charge in [-0.1, -0.05) is 23.7 Å². The van der Waals surface area contributed by atoms with E-state index in [1.54, 1.807) is 36.4 Å². The molecule has 2 N–H and O–H groups in total. The molecule has 0 bridgehead atoms. The van der Waals surface area contributed by atoms with Gasteiger partial charge < -0.3 is 14.9 Å². The fourth-order valence-corrected chi connectivity index (χ4v) is 4.02. The molecule has 34 heavy (non-hydrogen) atoms. The Morgan fingerprint density at radius 2 is 1.91 bits per heavy atom. The zero-order chi connectivity index (χ0) is 24.0. The molecule has 5 rings (SSSR count). The highest BCUT2D eigenvalue weighted by atomic mass is 35.5. The monoisotopic (exact) mass is 479 g/mol. The highest BCUT2D eigenvalue weighted by Crippen LogP contribution is 2.41. The van der Waals surface area contributed by atoms with Crippen molar-refractivity contribution in [3.8, 4) is 5.75 Å². The molecule has 8 nitrogen and oxygen atoms in total. The van der Waals surface area contributed by atoms with Gasteiger partial charge in [0.05, 0.1) is 22.0 Å². The summed E-state index contributed by atoms with van der Waals surface area (Å²) in [7, 11) is 0. The molecule has 0 spiro atoms. The van der Waals surface area contributed by atoms with Gasteiger partial charge in [-0.3, -0.25) is 19.3 Å². The third-order valence-corrected chi connectivity index (χ3v) is 5.59. The normalized spacial score (nSPS) is 14.9. The average molecular weight is 480 g/mol. The summed E-state index contributed by atoms with van der Waals surface area (Å²) in [5.41, 5.74) is 5.28. The van der Waals surface area contributed by atoms with Gasteiger partial charge in [0.15, 0.2) is 12.0 Å². The molecule has 2 amide bonds. The van der Waals surface area contributed by atoms with E-state index in [2.05, 4.69) is 4.98 Å². The van der Waals surface area contributed by atoms with Gasteiger partial charge >= 0.3 is 0 Å². The Hall–Kier alpha value is -4.24. The number of pyridine rings is 1. The van der Waals surface area contributed by atoms with Crippen molar-refractivity contribution in [1.82, 2.24) is 4.98 Å². The zero-order valence-corrected chi connectivity index (χ0v) is 18.1. The van der Waals surface area contributed by atoms with E-state index >= 15 is 0 Å². The summed E-state index contributed by atoms with van der Waals surface area (Å²) in [6.07, 6.45) is 1.38. The second-order valence-corrected chi connectivity index (χ2v) is 7.99. The number of anilines is 1. The molecule has 1 unspecified atom stereocenters. The minimum atomic E-state index is -0.912. The van der Waals surface area contributed by atoms with Crippen molar-refractivity contribution in [2.24, 2.45) is 5.73 Å². The van der Waals surface area contributed by atoms with Gasteiger partial charge in [0.2, 0.25) is 5.76 Å². The number of amides is 2. The fraction of sp³-hybridized carbons (Fsp3) is 0.0833. The van der Waals surface area contributed by atoms with E-state index in [1.165, 1.54) is 17.2 Å². The van der Waals surface area contributed by atoms with Crippen LogP contribution in [0.25, 0.3) is 11.0 Å². The van der Waals surface area contributed by atoms with Crippen LogP contribution in [-0.2, 0) is 4.79 Å². The summed E-state index contributed by atoms with van der Waals surface area (Å²) in [6.45, 7) is -0.300. The molecule has 1 aliphatic rings. The van der Waals surface area contributed by atoms with Gasteiger partial charge in [-0.2, -0.15) is 0 Å². The third-order valence-electron chi connectivity index (χ3n) is 5.37. The largest absolute Gasteiger partial charge is 0.484 e. The summed E-state index contributed by atoms with van der Waals surface area (Å²) in [5.74, 6) is -1.35. The number of benzene rings is 2. The highest BCUT2D eigenvalue weighted by Gasteiger charge is 2.44. The van der Waals surface area contributed by atoms with Crippen molar-refractivity contribution < 1.29 is 23.1 Å². The van der Waals surface area contributed by atoms with E-state index in [-0.39, 0.29) is 34.7 Å². The summed E-state index contributed by atoms with van der Waals surface area (Å²) in [5, 5.41) is 0.389. The van der Waals surface area contributed by atoms with Crippen LogP contribution in [0.5, 0.6) is 5.75 Å². The van der Waals surface area contributed by atoms with E-state index in [0.29, 0.717) is 16.3 Å². The second kappa shape index (κ2) is 8.27. The number of fused-ring (bicyclic) bond motifs is 2. The standard InChI is InChI=1S/C24H15ClFN3O5/c25-13-3-8-19(28-10-13)29-21(12-1-5-15(6-2-12)33-11-18(27)30)20-22(31)16-9-14(26)4-7-17(16)34-23(20)24(29)32/h1-10,21H,11H2,(H2,27,30). The summed E-state index contributed by atoms with van der Waals surface area (Å²) >= 11 is 5.96. The number of hydrogen-bond acceptors (Lipinski definition) is 6. The Balaban J connectivity index is 1.69. The van der Waals surface area contributed by atoms with Crippen molar-refractivity contribution in [3.63, 3.8) is 0 Å². The van der Waals surface area contributed by atoms with E-state index in [4.69, 9.17) is 26.5 Å². The first-order chi connectivity index (χ1) is 16.3. The van der Waals surface area contributed by atoms with Crippen LogP contribution in [0.3, 0.4) is 0 Å². The van der Waals surface area contributed by atoms with Crippen molar-refractivity contribution in [3.05, 3.63) is 98.7 Å². The van der Waals surface area contributed by atoms with E-state index in [1.807, 2.05) is 0 Å². The lowest BCUT2D eigenvalue weighted by Gasteiger charge is -2.24. The first kappa shape index (κ1) is 21.6. The molecule has 1 aliphatic heterocycles. The van der Waals surface area contributed by atoms with E-state index in [9.17, 15) is 18.8 Å². The van der Waals surface area contributed by atoms with Gasteiger partial charge in [0.25, 0.3) is 11.8 Å². The maximum Gasteiger partial charge on any atom is 0.296 e. The minimum Gasteiger partial charge on any atom is -0.484 e. The van der Waals surface area contributed by atoms with Crippen molar-refractivity contribution in [2.45, 2.75) is 6.04 Å². The molecule has 3 heterocycles. The molecular formula is C24H15ClFN3O5. The molecule has 0 fully saturated rings. The Labute approximate surface area is 196 Å². The predicted octanol–water partition coefficient (Wildman–Crippen LogP) is 3.59. The number of carbonyl (C=O) groups excluding carboxylic acids is 2. The number of carbonyl (C=O) groups is 2. The van der Waals surface area contributed by atoms with Crippen LogP contribution in [-0.4, -0.2) is 23.4 Å². The minimum absolute atomic E-state index is 0.0175. The molecule has 0 aliphatic carbocycles. The lowest BCUT2D eigenvalue weighted by Crippen LogP contribution is -2.30. The van der Waals surface area contributed by atoms with Crippen LogP contribution < -0.4 is 20.8 Å². The molecule has 2 aromatic heterocycles. The number of rotatable bonds is 5. The Bertz CT molecular complexity index is 1500. The lowest BCUT2D eigenvalue weighted by atomic mass is 9.98. The molecule has 4 aromatic rings. The smallest absolute Gasteiger partial charge is 0.296 e. The fourth-order valence-electron chi connectivity index (χ4n) is 3.91. The summed E-state index contributed by atoms with van der Waals surface area (Å²) in [4.78, 5) is 43.4. The predicted molar refractivity (Wildman–Crippen MR) is 121 cm³/mol. The number of hydrogen-bond donors (Lipinski definition) is 1. The number of halogens is 2. The quantitative estimate of drug-likeness (QED) is 0.467. The first-order valence-electron chi connectivity index (χ1n) is 10.1. The molecule has 10 heteroatoms. The van der Waals surface area contributed by atoms with Gasteiger partial charge in [-0.25, -0.2) is 9.37 Å². The molecular weight excluding hydrogens is 465 g/mol. The first-order valence-corrected chi connectivity index (χ1v) is 10.4. The number of ether oxygens (including phenoxy) is 1. The van der Waals surface area contributed by atoms with Crippen LogP contribution in [0.4, 0.5) is 10.2 Å². The summed E-state index contributed by atoms with van der Waals surface area (Å²) < 4.78 is 25.0. The third kappa shape index (κ3) is 3.65. The van der Waals surface area contributed by atoms with Crippen molar-refractivity contribution in [1.29, 1.82) is 0 Å². The van der Waals surface area contributed by atoms with E-state index < -0.39 is 29.1 Å². The van der Waals surface area contributed by atoms with Crippen molar-refractivity contribution >= 4 is 40.2 Å². The van der Waals surface area contributed by atoms with E-state index in [0.717, 1.165) is 12.1 Å². The SMILES string of the molecule is NC(=O)COc1ccc(C2c3c(oc4ccc(F)cc4c3=O)C(=O)N2c2ccc(Cl)cn2)cc1. The maximum absolute atomic E-state index is 13.9. The molecule has 1 atom stereocenters.